The van der Waals surface area contributed by atoms with Gasteiger partial charge < -0.3 is 14.8 Å². The molecule has 0 saturated carbocycles. The number of hydrogen-bond donors (Lipinski definition) is 1. The van der Waals surface area contributed by atoms with Gasteiger partial charge in [0, 0.05) is 36.7 Å². The van der Waals surface area contributed by atoms with E-state index in [1.165, 1.54) is 38.8 Å². The van der Waals surface area contributed by atoms with Crippen molar-refractivity contribution in [2.24, 2.45) is 0 Å². The molecule has 1 aromatic carbocycles. The number of nitrogens with one attached hydrogen (secondary N) is 1. The Kier molecular flexibility index (Phi) is 8.66. The normalized spacial score (nSPS) is 20.0. The van der Waals surface area contributed by atoms with Gasteiger partial charge in [-0.25, -0.2) is 8.42 Å². The van der Waals surface area contributed by atoms with E-state index in [2.05, 4.69) is 10.2 Å². The average molecular weight is 489 g/mol. The lowest BCUT2D eigenvalue weighted by atomic mass is 10.2. The van der Waals surface area contributed by atoms with E-state index in [-0.39, 0.29) is 11.9 Å². The van der Waals surface area contributed by atoms with Crippen molar-refractivity contribution >= 4 is 26.8 Å². The molecule has 8 heteroatoms. The number of benzene rings is 1. The van der Waals surface area contributed by atoms with Gasteiger partial charge in [-0.3, -0.25) is 4.79 Å². The largest absolute Gasteiger partial charge is 0.354 e. The summed E-state index contributed by atoms with van der Waals surface area (Å²) >= 11 is 0. The van der Waals surface area contributed by atoms with Crippen LogP contribution >= 0.6 is 0 Å². The van der Waals surface area contributed by atoms with Gasteiger partial charge >= 0.3 is 0 Å². The minimum absolute atomic E-state index is 0.00497. The van der Waals surface area contributed by atoms with Crippen molar-refractivity contribution in [3.63, 3.8) is 0 Å². The lowest BCUT2D eigenvalue weighted by Gasteiger charge is -2.21. The fraction of sp³-hybridized carbons (Fsp3) is 0.654. The highest BCUT2D eigenvalue weighted by atomic mass is 32.2. The van der Waals surface area contributed by atoms with Crippen LogP contribution in [-0.4, -0.2) is 67.4 Å². The number of hydrogen-bond acceptors (Lipinski definition) is 4. The third-order valence-corrected chi connectivity index (χ3v) is 9.24. The summed E-state index contributed by atoms with van der Waals surface area (Å²) in [6.45, 7) is 7.15. The third-order valence-electron chi connectivity index (χ3n) is 7.34. The molecule has 2 aliphatic rings. The number of fused-ring (bicyclic) bond motifs is 1. The third kappa shape index (κ3) is 6.01. The van der Waals surface area contributed by atoms with E-state index in [0.717, 1.165) is 49.6 Å². The van der Waals surface area contributed by atoms with E-state index >= 15 is 0 Å². The zero-order valence-electron chi connectivity index (χ0n) is 20.5. The van der Waals surface area contributed by atoms with Crippen molar-refractivity contribution in [2.75, 3.05) is 39.3 Å². The highest BCUT2D eigenvalue weighted by molar-refractivity contribution is 7.89. The average Bonchev–Trinajstić information content (AvgIpc) is 3.02. The van der Waals surface area contributed by atoms with E-state index in [4.69, 9.17) is 0 Å². The zero-order valence-corrected chi connectivity index (χ0v) is 21.4. The molecule has 188 valence electrons. The molecule has 2 fully saturated rings. The molecule has 0 unspecified atom stereocenters. The number of likely N-dealkylation sites (tertiary alicyclic amines) is 1. The van der Waals surface area contributed by atoms with Crippen molar-refractivity contribution in [3.05, 3.63) is 30.5 Å². The van der Waals surface area contributed by atoms with Crippen LogP contribution in [0.3, 0.4) is 0 Å². The maximum absolute atomic E-state index is 13.2. The number of carbonyl (C=O) groups is 1. The van der Waals surface area contributed by atoms with Gasteiger partial charge in [0.05, 0.1) is 4.90 Å². The van der Waals surface area contributed by atoms with Crippen LogP contribution in [-0.2, 0) is 14.8 Å². The Morgan fingerprint density at radius 3 is 2.26 bits per heavy atom. The lowest BCUT2D eigenvalue weighted by molar-refractivity contribution is -0.123. The van der Waals surface area contributed by atoms with Gasteiger partial charge in [-0.05, 0) is 82.9 Å². The number of rotatable bonds is 8. The van der Waals surface area contributed by atoms with Gasteiger partial charge in [0.25, 0.3) is 0 Å². The SMILES string of the molecule is C[C@@H](C(=O)NCCCN1CCCCCC1)n1ccc2cc(S(=O)(=O)N3CCCCCC3)ccc21. The molecule has 2 aromatic rings. The number of amides is 1. The molecule has 7 nitrogen and oxygen atoms in total. The molecule has 0 radical (unpaired) electrons. The second-order valence-corrected chi connectivity index (χ2v) is 11.8. The predicted molar refractivity (Wildman–Crippen MR) is 136 cm³/mol. The number of aromatic nitrogens is 1. The molecule has 2 saturated heterocycles. The molecule has 3 heterocycles. The molecular formula is C26H40N4O3S. The molecule has 2 aliphatic heterocycles. The van der Waals surface area contributed by atoms with Gasteiger partial charge in [-0.2, -0.15) is 4.31 Å². The molecule has 1 amide bonds. The molecule has 0 spiro atoms. The molecule has 0 aliphatic carbocycles. The van der Waals surface area contributed by atoms with Crippen LogP contribution in [0.2, 0.25) is 0 Å². The standard InChI is InChI=1S/C26H40N4O3S/c1-22(26(31)27-14-10-17-28-15-6-2-3-7-16-28)30-20-13-23-21-24(11-12-25(23)30)34(32,33)29-18-8-4-5-9-19-29/h11-13,20-22H,2-10,14-19H2,1H3,(H,27,31)/t22-/m0/s1. The first kappa shape index (κ1) is 25.2. The fourth-order valence-corrected chi connectivity index (χ4v) is 6.77. The Morgan fingerprint density at radius 2 is 1.59 bits per heavy atom. The first-order valence-corrected chi connectivity index (χ1v) is 14.5. The van der Waals surface area contributed by atoms with Crippen LogP contribution in [0.25, 0.3) is 10.9 Å². The van der Waals surface area contributed by atoms with Crippen LogP contribution < -0.4 is 5.32 Å². The molecule has 1 N–H and O–H groups in total. The van der Waals surface area contributed by atoms with E-state index in [9.17, 15) is 13.2 Å². The smallest absolute Gasteiger partial charge is 0.243 e. The highest BCUT2D eigenvalue weighted by Crippen LogP contribution is 2.26. The van der Waals surface area contributed by atoms with Crippen molar-refractivity contribution in [3.8, 4) is 0 Å². The highest BCUT2D eigenvalue weighted by Gasteiger charge is 2.26. The minimum Gasteiger partial charge on any atom is -0.354 e. The first-order valence-electron chi connectivity index (χ1n) is 13.1. The summed E-state index contributed by atoms with van der Waals surface area (Å²) in [6.07, 6.45) is 12.1. The summed E-state index contributed by atoms with van der Waals surface area (Å²) in [6, 6.07) is 6.81. The maximum atomic E-state index is 13.2. The Bertz CT molecular complexity index is 1050. The Morgan fingerprint density at radius 1 is 0.941 bits per heavy atom. The first-order chi connectivity index (χ1) is 16.5. The quantitative estimate of drug-likeness (QED) is 0.567. The molecule has 34 heavy (non-hydrogen) atoms. The maximum Gasteiger partial charge on any atom is 0.243 e. The van der Waals surface area contributed by atoms with Crippen LogP contribution in [0, 0.1) is 0 Å². The number of carbonyl (C=O) groups excluding carboxylic acids is 1. The van der Waals surface area contributed by atoms with Gasteiger partial charge in [0.2, 0.25) is 15.9 Å². The van der Waals surface area contributed by atoms with Gasteiger partial charge in [-0.1, -0.05) is 25.7 Å². The van der Waals surface area contributed by atoms with E-state index < -0.39 is 10.0 Å². The number of sulfonamides is 1. The van der Waals surface area contributed by atoms with Gasteiger partial charge in [0.15, 0.2) is 0 Å². The Hall–Kier alpha value is -1.90. The van der Waals surface area contributed by atoms with Crippen molar-refractivity contribution in [2.45, 2.75) is 75.6 Å². The summed E-state index contributed by atoms with van der Waals surface area (Å²) in [5.41, 5.74) is 0.877. The van der Waals surface area contributed by atoms with Crippen LogP contribution in [0.1, 0.15) is 70.8 Å². The summed E-state index contributed by atoms with van der Waals surface area (Å²) in [5.74, 6) is -0.00497. The van der Waals surface area contributed by atoms with Gasteiger partial charge in [0.1, 0.15) is 6.04 Å². The summed E-state index contributed by atoms with van der Waals surface area (Å²) in [7, 11) is -3.49. The Balaban J connectivity index is 1.36. The molecular weight excluding hydrogens is 448 g/mol. The van der Waals surface area contributed by atoms with E-state index in [1.54, 1.807) is 16.4 Å². The summed E-state index contributed by atoms with van der Waals surface area (Å²) in [4.78, 5) is 15.7. The van der Waals surface area contributed by atoms with Crippen molar-refractivity contribution in [1.82, 2.24) is 19.1 Å². The lowest BCUT2D eigenvalue weighted by Crippen LogP contribution is -2.34. The molecule has 1 aromatic heterocycles. The van der Waals surface area contributed by atoms with Crippen molar-refractivity contribution < 1.29 is 13.2 Å². The molecule has 0 bridgehead atoms. The minimum atomic E-state index is -3.49. The van der Waals surface area contributed by atoms with Crippen molar-refractivity contribution in [1.29, 1.82) is 0 Å². The zero-order chi connectivity index (χ0) is 24.0. The number of nitrogens with zero attached hydrogens (tertiary/aromatic N) is 3. The monoisotopic (exact) mass is 488 g/mol. The Labute approximate surface area is 204 Å². The van der Waals surface area contributed by atoms with Crippen LogP contribution in [0.4, 0.5) is 0 Å². The van der Waals surface area contributed by atoms with Crippen LogP contribution in [0.5, 0.6) is 0 Å². The summed E-state index contributed by atoms with van der Waals surface area (Å²) in [5, 5.41) is 3.93. The topological polar surface area (TPSA) is 74.6 Å². The summed E-state index contributed by atoms with van der Waals surface area (Å²) < 4.78 is 29.9. The van der Waals surface area contributed by atoms with E-state index in [0.29, 0.717) is 24.5 Å². The second-order valence-electron chi connectivity index (χ2n) is 9.84. The predicted octanol–water partition coefficient (Wildman–Crippen LogP) is 4.15. The van der Waals surface area contributed by atoms with Crippen LogP contribution in [0.15, 0.2) is 35.4 Å². The van der Waals surface area contributed by atoms with Gasteiger partial charge in [-0.15, -0.1) is 0 Å². The molecule has 4 rings (SSSR count). The molecule has 1 atom stereocenters. The van der Waals surface area contributed by atoms with E-state index in [1.807, 2.05) is 29.8 Å². The second kappa shape index (κ2) is 11.7. The fourth-order valence-electron chi connectivity index (χ4n) is 5.22.